The summed E-state index contributed by atoms with van der Waals surface area (Å²) in [6.45, 7) is 1.57. The average molecular weight is 302 g/mol. The lowest BCUT2D eigenvalue weighted by Gasteiger charge is -2.18. The number of carboxylic acid groups (broad SMARTS) is 1. The molecule has 1 aromatic carbocycles. The molecule has 0 saturated carbocycles. The summed E-state index contributed by atoms with van der Waals surface area (Å²) in [5, 5.41) is 9.63. The third-order valence-electron chi connectivity index (χ3n) is 2.91. The Morgan fingerprint density at radius 2 is 2.00 bits per heavy atom. The number of rotatable bonds is 8. The van der Waals surface area contributed by atoms with Crippen LogP contribution in [0.1, 0.15) is 31.7 Å². The van der Waals surface area contributed by atoms with Gasteiger partial charge in [-0.3, -0.25) is 4.79 Å². The van der Waals surface area contributed by atoms with E-state index in [0.717, 1.165) is 29.4 Å². The van der Waals surface area contributed by atoms with Gasteiger partial charge in [0.05, 0.1) is 0 Å². The molecule has 3 nitrogen and oxygen atoms in total. The molecule has 0 radical (unpaired) electrons. The quantitative estimate of drug-likeness (QED) is 0.721. The number of thioether (sulfide) groups is 1. The monoisotopic (exact) mass is 301 g/mol. The van der Waals surface area contributed by atoms with Gasteiger partial charge in [0.25, 0.3) is 0 Å². The van der Waals surface area contributed by atoms with E-state index in [2.05, 4.69) is 0 Å². The van der Waals surface area contributed by atoms with Gasteiger partial charge >= 0.3 is 5.97 Å². The lowest BCUT2D eigenvalue weighted by molar-refractivity contribution is -0.142. The SMILES string of the molecule is CC(N)(CCCCSCc1ccc(Cl)cc1)C(=O)O. The molecule has 1 unspecified atom stereocenters. The largest absolute Gasteiger partial charge is 0.480 e. The van der Waals surface area contributed by atoms with E-state index in [0.29, 0.717) is 6.42 Å². The molecule has 0 saturated heterocycles. The minimum absolute atomic E-state index is 0.518. The van der Waals surface area contributed by atoms with Crippen LogP contribution in [0.2, 0.25) is 5.02 Å². The fourth-order valence-corrected chi connectivity index (χ4v) is 2.68. The zero-order valence-electron chi connectivity index (χ0n) is 11.1. The first-order valence-electron chi connectivity index (χ1n) is 6.26. The molecule has 5 heteroatoms. The lowest BCUT2D eigenvalue weighted by atomic mass is 9.97. The molecule has 0 fully saturated rings. The van der Waals surface area contributed by atoms with Crippen LogP contribution < -0.4 is 5.73 Å². The fraction of sp³-hybridized carbons (Fsp3) is 0.500. The van der Waals surface area contributed by atoms with E-state index in [1.54, 1.807) is 6.92 Å². The number of halogens is 1. The fourth-order valence-electron chi connectivity index (χ4n) is 1.57. The molecule has 19 heavy (non-hydrogen) atoms. The predicted molar refractivity (Wildman–Crippen MR) is 81.7 cm³/mol. The molecule has 1 atom stereocenters. The first-order valence-corrected chi connectivity index (χ1v) is 7.79. The molecule has 1 aromatic rings. The summed E-state index contributed by atoms with van der Waals surface area (Å²) < 4.78 is 0. The smallest absolute Gasteiger partial charge is 0.323 e. The summed E-state index contributed by atoms with van der Waals surface area (Å²) in [6, 6.07) is 7.84. The Labute approximate surface area is 123 Å². The summed E-state index contributed by atoms with van der Waals surface area (Å²) in [4.78, 5) is 10.8. The standard InChI is InChI=1S/C14H20ClNO2S/c1-14(16,13(17)18)8-2-3-9-19-10-11-4-6-12(15)7-5-11/h4-7H,2-3,8-10,16H2,1H3,(H,17,18). The van der Waals surface area contributed by atoms with Crippen molar-refractivity contribution in [1.82, 2.24) is 0 Å². The molecule has 1 rings (SSSR count). The van der Waals surface area contributed by atoms with E-state index >= 15 is 0 Å². The van der Waals surface area contributed by atoms with Crippen molar-refractivity contribution in [2.24, 2.45) is 5.73 Å². The van der Waals surface area contributed by atoms with Crippen LogP contribution in [0.15, 0.2) is 24.3 Å². The van der Waals surface area contributed by atoms with Crippen molar-refractivity contribution >= 4 is 29.3 Å². The lowest BCUT2D eigenvalue weighted by Crippen LogP contribution is -2.44. The maximum Gasteiger partial charge on any atom is 0.323 e. The molecule has 106 valence electrons. The molecular weight excluding hydrogens is 282 g/mol. The highest BCUT2D eigenvalue weighted by Crippen LogP contribution is 2.18. The zero-order chi connectivity index (χ0) is 14.3. The Morgan fingerprint density at radius 1 is 1.37 bits per heavy atom. The zero-order valence-corrected chi connectivity index (χ0v) is 12.6. The highest BCUT2D eigenvalue weighted by Gasteiger charge is 2.26. The molecule has 0 spiro atoms. The van der Waals surface area contributed by atoms with E-state index in [1.165, 1.54) is 5.56 Å². The normalized spacial score (nSPS) is 14.1. The van der Waals surface area contributed by atoms with Gasteiger partial charge in [-0.2, -0.15) is 11.8 Å². The van der Waals surface area contributed by atoms with E-state index in [-0.39, 0.29) is 0 Å². The van der Waals surface area contributed by atoms with E-state index < -0.39 is 11.5 Å². The minimum Gasteiger partial charge on any atom is -0.480 e. The van der Waals surface area contributed by atoms with Crippen LogP contribution in [0.5, 0.6) is 0 Å². The second-order valence-electron chi connectivity index (χ2n) is 4.86. The van der Waals surface area contributed by atoms with Crippen molar-refractivity contribution in [3.05, 3.63) is 34.9 Å². The molecule has 0 aromatic heterocycles. The Hall–Kier alpha value is -0.710. The molecule has 3 N–H and O–H groups in total. The summed E-state index contributed by atoms with van der Waals surface area (Å²) in [7, 11) is 0. The number of nitrogens with two attached hydrogens (primary N) is 1. The molecule has 0 bridgehead atoms. The van der Waals surface area contributed by atoms with Crippen LogP contribution in [0.25, 0.3) is 0 Å². The Balaban J connectivity index is 2.12. The number of benzene rings is 1. The maximum atomic E-state index is 10.8. The van der Waals surface area contributed by atoms with Gasteiger partial charge in [0.1, 0.15) is 5.54 Å². The van der Waals surface area contributed by atoms with Crippen LogP contribution in [-0.2, 0) is 10.5 Å². The van der Waals surface area contributed by atoms with Gasteiger partial charge < -0.3 is 10.8 Å². The van der Waals surface area contributed by atoms with Crippen molar-refractivity contribution in [3.8, 4) is 0 Å². The number of aliphatic carboxylic acids is 1. The Bertz CT molecular complexity index is 406. The van der Waals surface area contributed by atoms with Gasteiger partial charge in [0, 0.05) is 10.8 Å². The Kier molecular flexibility index (Phi) is 6.69. The first kappa shape index (κ1) is 16.3. The number of carboxylic acids is 1. The minimum atomic E-state index is -1.10. The van der Waals surface area contributed by atoms with Gasteiger partial charge in [0.2, 0.25) is 0 Å². The highest BCUT2D eigenvalue weighted by molar-refractivity contribution is 7.98. The van der Waals surface area contributed by atoms with Gasteiger partial charge in [-0.05, 0) is 43.2 Å². The Morgan fingerprint density at radius 3 is 2.58 bits per heavy atom. The van der Waals surface area contributed by atoms with Crippen molar-refractivity contribution in [2.45, 2.75) is 37.5 Å². The topological polar surface area (TPSA) is 63.3 Å². The third-order valence-corrected chi connectivity index (χ3v) is 4.27. The second-order valence-corrected chi connectivity index (χ2v) is 6.40. The molecule has 0 heterocycles. The summed E-state index contributed by atoms with van der Waals surface area (Å²) in [5.74, 6) is 1.04. The molecule has 0 aliphatic rings. The highest BCUT2D eigenvalue weighted by atomic mass is 35.5. The predicted octanol–water partition coefficient (Wildman–Crippen LogP) is 3.55. The van der Waals surface area contributed by atoms with Crippen molar-refractivity contribution in [2.75, 3.05) is 5.75 Å². The number of hydrogen-bond donors (Lipinski definition) is 2. The number of hydrogen-bond acceptors (Lipinski definition) is 3. The van der Waals surface area contributed by atoms with Gasteiger partial charge in [0.15, 0.2) is 0 Å². The maximum absolute atomic E-state index is 10.8. The van der Waals surface area contributed by atoms with Crippen LogP contribution in [0.4, 0.5) is 0 Å². The van der Waals surface area contributed by atoms with Crippen LogP contribution in [0.3, 0.4) is 0 Å². The third kappa shape index (κ3) is 6.32. The van der Waals surface area contributed by atoms with Gasteiger partial charge in [-0.15, -0.1) is 0 Å². The second kappa shape index (κ2) is 7.78. The van der Waals surface area contributed by atoms with Gasteiger partial charge in [-0.1, -0.05) is 30.2 Å². The van der Waals surface area contributed by atoms with Crippen molar-refractivity contribution in [1.29, 1.82) is 0 Å². The molecule has 0 amide bonds. The molecule has 0 aliphatic heterocycles. The summed E-state index contributed by atoms with van der Waals surface area (Å²) in [6.07, 6.45) is 2.34. The molecular formula is C14H20ClNO2S. The van der Waals surface area contributed by atoms with Crippen LogP contribution >= 0.6 is 23.4 Å². The number of unbranched alkanes of at least 4 members (excludes halogenated alkanes) is 1. The summed E-state index contributed by atoms with van der Waals surface area (Å²) in [5.41, 5.74) is 5.82. The van der Waals surface area contributed by atoms with Crippen molar-refractivity contribution < 1.29 is 9.90 Å². The van der Waals surface area contributed by atoms with E-state index in [1.807, 2.05) is 36.0 Å². The average Bonchev–Trinajstić information content (AvgIpc) is 2.35. The van der Waals surface area contributed by atoms with Crippen LogP contribution in [-0.4, -0.2) is 22.4 Å². The number of carbonyl (C=O) groups is 1. The molecule has 0 aliphatic carbocycles. The van der Waals surface area contributed by atoms with Crippen LogP contribution in [0, 0.1) is 0 Å². The summed E-state index contributed by atoms with van der Waals surface area (Å²) >= 11 is 7.66. The first-order chi connectivity index (χ1) is 8.92. The van der Waals surface area contributed by atoms with Gasteiger partial charge in [-0.25, -0.2) is 0 Å². The van der Waals surface area contributed by atoms with Crippen molar-refractivity contribution in [3.63, 3.8) is 0 Å². The van der Waals surface area contributed by atoms with E-state index in [9.17, 15) is 4.79 Å². The van der Waals surface area contributed by atoms with E-state index in [4.69, 9.17) is 22.4 Å².